The van der Waals surface area contributed by atoms with Gasteiger partial charge in [0.2, 0.25) is 0 Å². The van der Waals surface area contributed by atoms with Gasteiger partial charge in [-0.3, -0.25) is 14.7 Å². The van der Waals surface area contributed by atoms with Crippen LogP contribution < -0.4 is 9.64 Å². The van der Waals surface area contributed by atoms with Crippen molar-refractivity contribution < 1.29 is 14.3 Å². The van der Waals surface area contributed by atoms with Crippen LogP contribution >= 0.6 is 0 Å². The third-order valence-electron chi connectivity index (χ3n) is 9.02. The van der Waals surface area contributed by atoms with Crippen LogP contribution in [0, 0.1) is 11.3 Å². The highest BCUT2D eigenvalue weighted by atomic mass is 16.5. The highest BCUT2D eigenvalue weighted by molar-refractivity contribution is 5.93. The van der Waals surface area contributed by atoms with Crippen molar-refractivity contribution in [3.8, 4) is 22.9 Å². The highest BCUT2D eigenvalue weighted by Gasteiger charge is 2.48. The number of nitrogens with zero attached hydrogens (tertiary/aromatic N) is 9. The van der Waals surface area contributed by atoms with Gasteiger partial charge < -0.3 is 19.3 Å². The van der Waals surface area contributed by atoms with Gasteiger partial charge in [0.1, 0.15) is 29.9 Å². The fraction of sp³-hybridized carbons (Fsp3) is 0.400. The minimum Gasteiger partial charge on any atom is -0.491 e. The first-order chi connectivity index (χ1) is 20.7. The van der Waals surface area contributed by atoms with Crippen molar-refractivity contribution in [2.45, 2.75) is 37.0 Å². The molecule has 0 aliphatic carbocycles. The molecule has 212 valence electrons. The van der Waals surface area contributed by atoms with Crippen molar-refractivity contribution in [2.75, 3.05) is 44.4 Å². The van der Waals surface area contributed by atoms with Gasteiger partial charge in [0.25, 0.3) is 5.91 Å². The number of pyridine rings is 2. The zero-order valence-electron chi connectivity index (χ0n) is 22.9. The number of amides is 1. The molecular formula is C30H29N9O3. The predicted molar refractivity (Wildman–Crippen MR) is 151 cm³/mol. The number of nitriles is 1. The van der Waals surface area contributed by atoms with Gasteiger partial charge in [0.05, 0.1) is 55.0 Å². The Kier molecular flexibility index (Phi) is 6.01. The van der Waals surface area contributed by atoms with Crippen molar-refractivity contribution in [1.29, 1.82) is 5.26 Å². The maximum atomic E-state index is 13.0. The Balaban J connectivity index is 0.990. The third-order valence-corrected chi connectivity index (χ3v) is 9.02. The molecule has 9 heterocycles. The molecule has 4 aromatic rings. The molecule has 4 unspecified atom stereocenters. The van der Waals surface area contributed by atoms with Crippen LogP contribution in [0.1, 0.15) is 28.9 Å². The number of anilines is 1. The Bertz CT molecular complexity index is 1660. The summed E-state index contributed by atoms with van der Waals surface area (Å²) < 4.78 is 13.5. The standard InChI is InChI=1S/C30H29N9O3/c31-10-20-12-35-38-16-25(42-6-5-37-23-8-24(37)18-41-17-23)9-26(29(20)38)19-1-2-28(34-11-19)36-14-21-7-22(15-36)39(21)30(40)27-13-32-3-4-33-27/h1-4,9,11-13,16,21-24H,5-8,14-15,17-18H2. The van der Waals surface area contributed by atoms with E-state index in [-0.39, 0.29) is 18.0 Å². The van der Waals surface area contributed by atoms with Crippen LogP contribution in [0.4, 0.5) is 5.82 Å². The molecule has 42 heavy (non-hydrogen) atoms. The van der Waals surface area contributed by atoms with Crippen LogP contribution in [0.15, 0.2) is 55.4 Å². The van der Waals surface area contributed by atoms with E-state index < -0.39 is 0 Å². The lowest BCUT2D eigenvalue weighted by molar-refractivity contribution is -0.129. The van der Waals surface area contributed by atoms with Crippen molar-refractivity contribution in [3.05, 3.63) is 66.6 Å². The number of hydrogen-bond acceptors (Lipinski definition) is 10. The van der Waals surface area contributed by atoms with E-state index in [1.54, 1.807) is 23.1 Å². The largest absolute Gasteiger partial charge is 0.491 e. The van der Waals surface area contributed by atoms with Crippen molar-refractivity contribution in [3.63, 3.8) is 0 Å². The molecule has 5 fully saturated rings. The van der Waals surface area contributed by atoms with E-state index in [1.165, 1.54) is 12.6 Å². The molecule has 4 atom stereocenters. The maximum absolute atomic E-state index is 13.0. The fourth-order valence-corrected chi connectivity index (χ4v) is 6.93. The molecular weight excluding hydrogens is 534 g/mol. The number of piperidine rings is 1. The van der Waals surface area contributed by atoms with Crippen LogP contribution in [0.25, 0.3) is 16.6 Å². The second-order valence-corrected chi connectivity index (χ2v) is 11.4. The molecule has 4 aromatic heterocycles. The van der Waals surface area contributed by atoms with Gasteiger partial charge in [-0.05, 0) is 31.0 Å². The summed E-state index contributed by atoms with van der Waals surface area (Å²) in [4.78, 5) is 32.6. The second-order valence-electron chi connectivity index (χ2n) is 11.4. The molecule has 0 N–H and O–H groups in total. The minimum absolute atomic E-state index is 0.0609. The Labute approximate surface area is 242 Å². The number of hydrogen-bond donors (Lipinski definition) is 0. The summed E-state index contributed by atoms with van der Waals surface area (Å²) >= 11 is 0. The lowest BCUT2D eigenvalue weighted by Gasteiger charge is -2.56. The van der Waals surface area contributed by atoms with E-state index in [9.17, 15) is 10.1 Å². The Hall–Kier alpha value is -4.60. The van der Waals surface area contributed by atoms with E-state index in [2.05, 4.69) is 30.9 Å². The van der Waals surface area contributed by atoms with Crippen LogP contribution in [-0.2, 0) is 4.74 Å². The van der Waals surface area contributed by atoms with Crippen molar-refractivity contribution in [1.82, 2.24) is 34.4 Å². The van der Waals surface area contributed by atoms with Crippen molar-refractivity contribution in [2.24, 2.45) is 0 Å². The first-order valence-electron chi connectivity index (χ1n) is 14.3. The van der Waals surface area contributed by atoms with E-state index in [0.717, 1.165) is 48.6 Å². The lowest BCUT2D eigenvalue weighted by atomic mass is 9.87. The average Bonchev–Trinajstić information content (AvgIpc) is 3.46. The van der Waals surface area contributed by atoms with Gasteiger partial charge in [-0.15, -0.1) is 0 Å². The number of carbonyl (C=O) groups excluding carboxylic acids is 1. The fourth-order valence-electron chi connectivity index (χ4n) is 6.93. The molecule has 0 spiro atoms. The smallest absolute Gasteiger partial charge is 0.274 e. The number of piperazine rings is 1. The first kappa shape index (κ1) is 25.1. The summed E-state index contributed by atoms with van der Waals surface area (Å²) in [6.07, 6.45) is 12.1. The monoisotopic (exact) mass is 563 g/mol. The van der Waals surface area contributed by atoms with Crippen molar-refractivity contribution >= 4 is 17.2 Å². The van der Waals surface area contributed by atoms with E-state index >= 15 is 0 Å². The number of rotatable bonds is 7. The van der Waals surface area contributed by atoms with Crippen LogP contribution in [-0.4, -0.2) is 104 Å². The molecule has 9 rings (SSSR count). The van der Waals surface area contributed by atoms with Gasteiger partial charge in [-0.1, -0.05) is 0 Å². The number of fused-ring (bicyclic) bond motifs is 5. The maximum Gasteiger partial charge on any atom is 0.274 e. The Morgan fingerprint density at radius 2 is 1.88 bits per heavy atom. The summed E-state index contributed by atoms with van der Waals surface area (Å²) in [6, 6.07) is 9.53. The normalized spacial score (nSPS) is 24.5. The molecule has 0 radical (unpaired) electrons. The number of ether oxygens (including phenoxy) is 2. The summed E-state index contributed by atoms with van der Waals surface area (Å²) in [5, 5.41) is 14.2. The van der Waals surface area contributed by atoms with Crippen LogP contribution in [0.5, 0.6) is 5.75 Å². The molecule has 5 saturated heterocycles. The first-order valence-corrected chi connectivity index (χ1v) is 14.3. The molecule has 12 heteroatoms. The molecule has 0 saturated carbocycles. The lowest BCUT2D eigenvalue weighted by Crippen LogP contribution is -2.70. The van der Waals surface area contributed by atoms with Crippen LogP contribution in [0.3, 0.4) is 0 Å². The van der Waals surface area contributed by atoms with E-state index in [1.807, 2.05) is 35.5 Å². The Morgan fingerprint density at radius 3 is 2.60 bits per heavy atom. The SMILES string of the molecule is N#Cc1cnn2cc(OCCN3C4COCC3C4)cc(-c3ccc(N4CC5CC(C4)N5C(=O)c4cnccn4)nc3)c12. The molecule has 0 aromatic carbocycles. The number of carbonyl (C=O) groups is 1. The van der Waals surface area contributed by atoms with Gasteiger partial charge in [-0.25, -0.2) is 14.5 Å². The second kappa shape index (κ2) is 10.0. The third kappa shape index (κ3) is 4.16. The quantitative estimate of drug-likeness (QED) is 0.330. The summed E-state index contributed by atoms with van der Waals surface area (Å²) in [7, 11) is 0. The molecule has 4 bridgehead atoms. The number of aromatic nitrogens is 5. The molecule has 1 amide bonds. The summed E-state index contributed by atoms with van der Waals surface area (Å²) in [5.74, 6) is 1.50. The van der Waals surface area contributed by atoms with Gasteiger partial charge in [0.15, 0.2) is 0 Å². The van der Waals surface area contributed by atoms with Gasteiger partial charge in [0, 0.05) is 61.4 Å². The zero-order valence-corrected chi connectivity index (χ0v) is 22.9. The molecule has 12 nitrogen and oxygen atoms in total. The van der Waals surface area contributed by atoms with Gasteiger partial charge >= 0.3 is 0 Å². The van der Waals surface area contributed by atoms with Gasteiger partial charge in [-0.2, -0.15) is 10.4 Å². The predicted octanol–water partition coefficient (Wildman–Crippen LogP) is 2.01. The molecule has 5 aliphatic heterocycles. The Morgan fingerprint density at radius 1 is 1.05 bits per heavy atom. The zero-order chi connectivity index (χ0) is 28.2. The average molecular weight is 564 g/mol. The van der Waals surface area contributed by atoms with Crippen LogP contribution in [0.2, 0.25) is 0 Å². The number of morpholine rings is 1. The minimum atomic E-state index is -0.0609. The molecule has 5 aliphatic rings. The van der Waals surface area contributed by atoms with E-state index in [4.69, 9.17) is 14.5 Å². The van der Waals surface area contributed by atoms with E-state index in [0.29, 0.717) is 48.8 Å². The topological polar surface area (TPSA) is 125 Å². The summed E-state index contributed by atoms with van der Waals surface area (Å²) in [5.41, 5.74) is 3.33. The summed E-state index contributed by atoms with van der Waals surface area (Å²) in [6.45, 7) is 4.46. The highest BCUT2D eigenvalue weighted by Crippen LogP contribution is 2.36.